The minimum Gasteiger partial charge on any atom is -0.480 e. The van der Waals surface area contributed by atoms with Gasteiger partial charge in [0.15, 0.2) is 12.4 Å². The smallest absolute Gasteiger partial charge is 0.258 e. The van der Waals surface area contributed by atoms with Crippen LogP contribution in [0.25, 0.3) is 0 Å². The third-order valence-electron chi connectivity index (χ3n) is 4.04. The van der Waals surface area contributed by atoms with E-state index in [0.29, 0.717) is 17.1 Å². The average Bonchev–Trinajstić information content (AvgIpc) is 2.95. The molecule has 2 N–H and O–H groups in total. The van der Waals surface area contributed by atoms with Crippen molar-refractivity contribution in [3.63, 3.8) is 0 Å². The fourth-order valence-electron chi connectivity index (χ4n) is 2.68. The molecule has 0 fully saturated rings. The van der Waals surface area contributed by atoms with Crippen molar-refractivity contribution in [2.75, 3.05) is 13.2 Å². The third kappa shape index (κ3) is 3.79. The zero-order valence-electron chi connectivity index (χ0n) is 15.1. The number of rotatable bonds is 6. The summed E-state index contributed by atoms with van der Waals surface area (Å²) in [5.74, 6) is 1.67. The number of carbonyl (C=O) groups excluding carboxylic acids is 1. The fourth-order valence-corrected chi connectivity index (χ4v) is 2.68. The second kappa shape index (κ2) is 6.68. The minimum absolute atomic E-state index is 0.0695. The molecule has 0 bridgehead atoms. The Labute approximate surface area is 141 Å². The number of aliphatic hydroxyl groups is 1. The van der Waals surface area contributed by atoms with Gasteiger partial charge in [0, 0.05) is 12.6 Å². The van der Waals surface area contributed by atoms with Crippen molar-refractivity contribution in [2.45, 2.75) is 40.2 Å². The lowest BCUT2D eigenvalue weighted by atomic mass is 9.96. The third-order valence-corrected chi connectivity index (χ3v) is 4.04. The van der Waals surface area contributed by atoms with Gasteiger partial charge in [-0.3, -0.25) is 9.48 Å². The maximum absolute atomic E-state index is 12.0. The van der Waals surface area contributed by atoms with E-state index >= 15 is 0 Å². The second-order valence-corrected chi connectivity index (χ2v) is 6.29. The number of hydrogen-bond acceptors (Lipinski definition) is 5. The van der Waals surface area contributed by atoms with Crippen molar-refractivity contribution in [3.8, 4) is 5.75 Å². The number of ether oxygens (including phenoxy) is 1. The number of carbonyl (C=O) groups is 1. The van der Waals surface area contributed by atoms with E-state index in [1.54, 1.807) is 24.6 Å². The molecule has 2 aromatic rings. The zero-order chi connectivity index (χ0) is 18.1. The lowest BCUT2D eigenvalue weighted by Crippen LogP contribution is -2.40. The summed E-state index contributed by atoms with van der Waals surface area (Å²) in [6, 6.07) is 1.78. The lowest BCUT2D eigenvalue weighted by molar-refractivity contribution is -0.124. The van der Waals surface area contributed by atoms with Crippen LogP contribution >= 0.6 is 0 Å². The van der Waals surface area contributed by atoms with Crippen molar-refractivity contribution >= 4 is 5.91 Å². The lowest BCUT2D eigenvalue weighted by Gasteiger charge is -2.23. The van der Waals surface area contributed by atoms with Gasteiger partial charge in [-0.15, -0.1) is 0 Å². The van der Waals surface area contributed by atoms with E-state index in [0.717, 1.165) is 17.1 Å². The number of aryl methyl sites for hydroxylation is 4. The minimum atomic E-state index is -1.21. The Morgan fingerprint density at radius 1 is 1.42 bits per heavy atom. The molecule has 1 atom stereocenters. The first-order valence-corrected chi connectivity index (χ1v) is 7.81. The summed E-state index contributed by atoms with van der Waals surface area (Å²) in [4.78, 5) is 12.0. The molecule has 0 radical (unpaired) electrons. The molecule has 1 amide bonds. The van der Waals surface area contributed by atoms with Crippen molar-refractivity contribution in [2.24, 2.45) is 7.05 Å². The first-order valence-electron chi connectivity index (χ1n) is 7.81. The molecule has 0 saturated carbocycles. The molecule has 24 heavy (non-hydrogen) atoms. The van der Waals surface area contributed by atoms with Gasteiger partial charge < -0.3 is 19.6 Å². The van der Waals surface area contributed by atoms with Crippen LogP contribution in [0.1, 0.15) is 35.4 Å². The highest BCUT2D eigenvalue weighted by Gasteiger charge is 2.28. The van der Waals surface area contributed by atoms with Crippen molar-refractivity contribution in [1.82, 2.24) is 15.1 Å². The van der Waals surface area contributed by atoms with Gasteiger partial charge in [-0.05, 0) is 40.7 Å². The largest absolute Gasteiger partial charge is 0.480 e. The molecule has 0 aliphatic heterocycles. The monoisotopic (exact) mass is 335 g/mol. The van der Waals surface area contributed by atoms with E-state index < -0.39 is 5.60 Å². The Bertz CT molecular complexity index is 743. The molecule has 1 unspecified atom stereocenters. The normalized spacial score (nSPS) is 13.6. The topological polar surface area (TPSA) is 89.5 Å². The molecular weight excluding hydrogens is 310 g/mol. The van der Waals surface area contributed by atoms with Crippen LogP contribution in [0.15, 0.2) is 10.5 Å². The molecule has 0 saturated heterocycles. The van der Waals surface area contributed by atoms with Crippen LogP contribution in [0.2, 0.25) is 0 Å². The Hall–Kier alpha value is -2.28. The van der Waals surface area contributed by atoms with Crippen molar-refractivity contribution < 1.29 is 19.1 Å². The zero-order valence-corrected chi connectivity index (χ0v) is 15.1. The van der Waals surface area contributed by atoms with E-state index in [4.69, 9.17) is 9.15 Å². The molecule has 0 spiro atoms. The molecule has 0 aromatic carbocycles. The molecule has 2 rings (SSSR count). The van der Waals surface area contributed by atoms with Crippen LogP contribution in [-0.4, -0.2) is 33.9 Å². The molecule has 7 heteroatoms. The average molecular weight is 335 g/mol. The van der Waals surface area contributed by atoms with Gasteiger partial charge in [-0.1, -0.05) is 0 Å². The van der Waals surface area contributed by atoms with Gasteiger partial charge in [-0.25, -0.2) is 0 Å². The molecule has 7 nitrogen and oxygen atoms in total. The molecule has 2 aromatic heterocycles. The van der Waals surface area contributed by atoms with Crippen LogP contribution in [-0.2, 0) is 17.4 Å². The van der Waals surface area contributed by atoms with Gasteiger partial charge in [-0.2, -0.15) is 5.10 Å². The number of nitrogens with one attached hydrogen (secondary N) is 1. The summed E-state index contributed by atoms with van der Waals surface area (Å²) in [5.41, 5.74) is 1.05. The van der Waals surface area contributed by atoms with Crippen LogP contribution in [0.5, 0.6) is 5.75 Å². The summed E-state index contributed by atoms with van der Waals surface area (Å²) in [6.45, 7) is 8.89. The van der Waals surface area contributed by atoms with Gasteiger partial charge in [0.2, 0.25) is 0 Å². The number of aromatic nitrogens is 2. The van der Waals surface area contributed by atoms with E-state index in [9.17, 15) is 9.90 Å². The van der Waals surface area contributed by atoms with Crippen LogP contribution in [0.3, 0.4) is 0 Å². The summed E-state index contributed by atoms with van der Waals surface area (Å²) < 4.78 is 12.7. The predicted octanol–water partition coefficient (Wildman–Crippen LogP) is 1.65. The second-order valence-electron chi connectivity index (χ2n) is 6.29. The molecule has 132 valence electrons. The summed E-state index contributed by atoms with van der Waals surface area (Å²) >= 11 is 0. The number of furan rings is 1. The Kier molecular flexibility index (Phi) is 5.03. The van der Waals surface area contributed by atoms with Gasteiger partial charge >= 0.3 is 0 Å². The highest BCUT2D eigenvalue weighted by Crippen LogP contribution is 2.26. The standard InChI is InChI=1S/C17H25N3O4/c1-10-7-14(13(4)24-10)17(5,22)9-18-15(21)8-23-16-11(2)19-20(6)12(16)3/h7,22H,8-9H2,1-6H3,(H,18,21). The van der Waals surface area contributed by atoms with Gasteiger partial charge in [0.25, 0.3) is 5.91 Å². The van der Waals surface area contributed by atoms with Crippen LogP contribution in [0, 0.1) is 27.7 Å². The molecule has 0 aliphatic rings. The van der Waals surface area contributed by atoms with E-state index in [1.165, 1.54) is 0 Å². The highest BCUT2D eigenvalue weighted by atomic mass is 16.5. The van der Waals surface area contributed by atoms with Crippen molar-refractivity contribution in [3.05, 3.63) is 34.5 Å². The van der Waals surface area contributed by atoms with Crippen molar-refractivity contribution in [1.29, 1.82) is 0 Å². The first-order chi connectivity index (χ1) is 11.1. The highest BCUT2D eigenvalue weighted by molar-refractivity contribution is 5.77. The maximum Gasteiger partial charge on any atom is 0.258 e. The predicted molar refractivity (Wildman–Crippen MR) is 88.9 cm³/mol. The van der Waals surface area contributed by atoms with E-state index in [-0.39, 0.29) is 19.1 Å². The fraction of sp³-hybridized carbons (Fsp3) is 0.529. The van der Waals surface area contributed by atoms with E-state index in [1.807, 2.05) is 27.8 Å². The summed E-state index contributed by atoms with van der Waals surface area (Å²) in [6.07, 6.45) is 0. The Morgan fingerprint density at radius 3 is 2.58 bits per heavy atom. The SMILES string of the molecule is Cc1cc(C(C)(O)CNC(=O)COc2c(C)nn(C)c2C)c(C)o1. The summed E-state index contributed by atoms with van der Waals surface area (Å²) in [5, 5.41) is 17.5. The maximum atomic E-state index is 12.0. The quantitative estimate of drug-likeness (QED) is 0.838. The first kappa shape index (κ1) is 18.1. The van der Waals surface area contributed by atoms with Gasteiger partial charge in [0.1, 0.15) is 22.8 Å². The number of nitrogens with zero attached hydrogens (tertiary/aromatic N) is 2. The van der Waals surface area contributed by atoms with Crippen LogP contribution in [0.4, 0.5) is 0 Å². The molecule has 0 aliphatic carbocycles. The Morgan fingerprint density at radius 2 is 2.08 bits per heavy atom. The van der Waals surface area contributed by atoms with Crippen LogP contribution < -0.4 is 10.1 Å². The number of hydrogen-bond donors (Lipinski definition) is 2. The summed E-state index contributed by atoms with van der Waals surface area (Å²) in [7, 11) is 1.82. The molecule has 2 heterocycles. The van der Waals surface area contributed by atoms with E-state index in [2.05, 4.69) is 10.4 Å². The number of amides is 1. The van der Waals surface area contributed by atoms with Gasteiger partial charge in [0.05, 0.1) is 12.2 Å². The Balaban J connectivity index is 1.92. The molecular formula is C17H25N3O4.